The topological polar surface area (TPSA) is 59.1 Å². The summed E-state index contributed by atoms with van der Waals surface area (Å²) in [5.74, 6) is 0.234. The third kappa shape index (κ3) is 4.72. The van der Waals surface area contributed by atoms with E-state index in [4.69, 9.17) is 4.74 Å². The van der Waals surface area contributed by atoms with Crippen LogP contribution in [-0.2, 0) is 10.9 Å². The van der Waals surface area contributed by atoms with Crippen LogP contribution in [0.15, 0.2) is 6.07 Å². The van der Waals surface area contributed by atoms with Crippen LogP contribution in [0.2, 0.25) is 0 Å². The summed E-state index contributed by atoms with van der Waals surface area (Å²) in [5, 5.41) is 6.03. The Labute approximate surface area is 139 Å². The Morgan fingerprint density at radius 1 is 1.08 bits per heavy atom. The van der Waals surface area contributed by atoms with Crippen LogP contribution in [0.3, 0.4) is 0 Å². The molecule has 5 nitrogen and oxygen atoms in total. The molecule has 2 aliphatic rings. The van der Waals surface area contributed by atoms with Crippen molar-refractivity contribution in [3.05, 3.63) is 11.8 Å². The van der Waals surface area contributed by atoms with E-state index in [1.54, 1.807) is 0 Å². The summed E-state index contributed by atoms with van der Waals surface area (Å²) >= 11 is 0. The molecule has 0 bridgehead atoms. The molecule has 0 radical (unpaired) electrons. The summed E-state index contributed by atoms with van der Waals surface area (Å²) in [6, 6.07) is 1.11. The number of nitrogens with one attached hydrogen (secondary N) is 2. The molecule has 1 aromatic rings. The highest BCUT2D eigenvalue weighted by Crippen LogP contribution is 2.30. The van der Waals surface area contributed by atoms with Crippen molar-refractivity contribution in [2.75, 3.05) is 23.8 Å². The van der Waals surface area contributed by atoms with Gasteiger partial charge in [0.25, 0.3) is 0 Å². The maximum absolute atomic E-state index is 13.1. The fourth-order valence-corrected chi connectivity index (χ4v) is 3.20. The molecule has 8 heteroatoms. The van der Waals surface area contributed by atoms with Gasteiger partial charge < -0.3 is 15.4 Å². The average molecular weight is 344 g/mol. The van der Waals surface area contributed by atoms with Crippen LogP contribution in [0, 0.1) is 0 Å². The molecule has 1 saturated heterocycles. The molecule has 3 rings (SSSR count). The highest BCUT2D eigenvalue weighted by molar-refractivity contribution is 5.43. The molecular formula is C16H23F3N4O. The lowest BCUT2D eigenvalue weighted by atomic mass is 9.96. The number of rotatable bonds is 5. The lowest BCUT2D eigenvalue weighted by molar-refractivity contribution is -0.141. The second kappa shape index (κ2) is 7.55. The fraction of sp³-hybridized carbons (Fsp3) is 0.750. The first-order chi connectivity index (χ1) is 11.5. The normalized spacial score (nSPS) is 22.5. The van der Waals surface area contributed by atoms with Gasteiger partial charge in [-0.3, -0.25) is 0 Å². The molecule has 1 aliphatic heterocycles. The Morgan fingerprint density at radius 2 is 1.88 bits per heavy atom. The molecule has 2 fully saturated rings. The number of aromatic nitrogens is 2. The Morgan fingerprint density at radius 3 is 2.54 bits per heavy atom. The van der Waals surface area contributed by atoms with E-state index in [1.165, 1.54) is 6.42 Å². The molecule has 1 saturated carbocycles. The van der Waals surface area contributed by atoms with Crippen LogP contribution in [-0.4, -0.2) is 35.3 Å². The van der Waals surface area contributed by atoms with Gasteiger partial charge in [-0.05, 0) is 25.7 Å². The summed E-state index contributed by atoms with van der Waals surface area (Å²) in [4.78, 5) is 7.87. The number of alkyl halides is 3. The van der Waals surface area contributed by atoms with Crippen molar-refractivity contribution in [2.24, 2.45) is 0 Å². The van der Waals surface area contributed by atoms with Crippen LogP contribution in [0.5, 0.6) is 0 Å². The third-order valence-corrected chi connectivity index (χ3v) is 4.49. The van der Waals surface area contributed by atoms with Crippen molar-refractivity contribution in [2.45, 2.75) is 63.3 Å². The van der Waals surface area contributed by atoms with Crippen LogP contribution in [0.4, 0.5) is 24.9 Å². The maximum atomic E-state index is 13.1. The summed E-state index contributed by atoms with van der Waals surface area (Å²) in [7, 11) is 0. The van der Waals surface area contributed by atoms with Gasteiger partial charge in [-0.15, -0.1) is 0 Å². The van der Waals surface area contributed by atoms with Gasteiger partial charge in [-0.25, -0.2) is 4.98 Å². The van der Waals surface area contributed by atoms with Crippen LogP contribution < -0.4 is 10.6 Å². The SMILES string of the molecule is FC(F)(F)c1cc(NC[C@H]2CCCO2)nc(NC2CCCCC2)n1. The first kappa shape index (κ1) is 17.3. The van der Waals surface area contributed by atoms with Crippen molar-refractivity contribution in [3.8, 4) is 0 Å². The predicted molar refractivity (Wildman–Crippen MR) is 85.0 cm³/mol. The number of halogens is 3. The molecule has 2 N–H and O–H groups in total. The monoisotopic (exact) mass is 344 g/mol. The highest BCUT2D eigenvalue weighted by Gasteiger charge is 2.34. The van der Waals surface area contributed by atoms with Gasteiger partial charge in [0.2, 0.25) is 5.95 Å². The van der Waals surface area contributed by atoms with Crippen molar-refractivity contribution < 1.29 is 17.9 Å². The number of ether oxygens (including phenoxy) is 1. The van der Waals surface area contributed by atoms with E-state index in [0.717, 1.165) is 44.6 Å². The quantitative estimate of drug-likeness (QED) is 0.850. The van der Waals surface area contributed by atoms with E-state index in [0.29, 0.717) is 13.2 Å². The molecule has 0 spiro atoms. The lowest BCUT2D eigenvalue weighted by Gasteiger charge is -2.23. The number of nitrogens with zero attached hydrogens (tertiary/aromatic N) is 2. The molecule has 134 valence electrons. The Kier molecular flexibility index (Phi) is 5.43. The predicted octanol–water partition coefficient (Wildman–Crippen LogP) is 3.83. The molecule has 0 unspecified atom stereocenters. The van der Waals surface area contributed by atoms with Crippen molar-refractivity contribution in [3.63, 3.8) is 0 Å². The minimum absolute atomic E-state index is 0.0315. The third-order valence-electron chi connectivity index (χ3n) is 4.49. The Balaban J connectivity index is 1.72. The van der Waals surface area contributed by atoms with E-state index in [-0.39, 0.29) is 23.9 Å². The number of hydrogen-bond donors (Lipinski definition) is 2. The van der Waals surface area contributed by atoms with E-state index in [9.17, 15) is 13.2 Å². The largest absolute Gasteiger partial charge is 0.433 e. The molecule has 2 heterocycles. The second-order valence-electron chi connectivity index (χ2n) is 6.45. The van der Waals surface area contributed by atoms with Gasteiger partial charge in [-0.1, -0.05) is 19.3 Å². The summed E-state index contributed by atoms with van der Waals surface area (Å²) in [6.45, 7) is 1.16. The standard InChI is InChI=1S/C16H23F3N4O/c17-16(18,19)13-9-14(20-10-12-7-4-8-24-12)23-15(22-13)21-11-5-2-1-3-6-11/h9,11-12H,1-8,10H2,(H2,20,21,22,23)/t12-/m1/s1. The first-order valence-corrected chi connectivity index (χ1v) is 8.59. The Hall–Kier alpha value is -1.57. The van der Waals surface area contributed by atoms with Crippen LogP contribution in [0.1, 0.15) is 50.6 Å². The van der Waals surface area contributed by atoms with Crippen molar-refractivity contribution >= 4 is 11.8 Å². The smallest absolute Gasteiger partial charge is 0.376 e. The van der Waals surface area contributed by atoms with E-state index in [2.05, 4.69) is 20.6 Å². The van der Waals surface area contributed by atoms with E-state index < -0.39 is 11.9 Å². The van der Waals surface area contributed by atoms with Crippen LogP contribution in [0.25, 0.3) is 0 Å². The zero-order chi connectivity index (χ0) is 17.0. The molecule has 24 heavy (non-hydrogen) atoms. The lowest BCUT2D eigenvalue weighted by Crippen LogP contribution is -2.25. The molecule has 1 aliphatic carbocycles. The minimum atomic E-state index is -4.49. The van der Waals surface area contributed by atoms with Gasteiger partial charge in [0.05, 0.1) is 6.10 Å². The van der Waals surface area contributed by atoms with Crippen molar-refractivity contribution in [1.82, 2.24) is 9.97 Å². The van der Waals surface area contributed by atoms with Gasteiger partial charge >= 0.3 is 6.18 Å². The average Bonchev–Trinajstić information content (AvgIpc) is 3.06. The Bertz CT molecular complexity index is 541. The molecule has 1 aromatic heterocycles. The van der Waals surface area contributed by atoms with Gasteiger partial charge in [-0.2, -0.15) is 18.2 Å². The summed E-state index contributed by atoms with van der Waals surface area (Å²) in [5.41, 5.74) is -0.925. The molecule has 0 aromatic carbocycles. The van der Waals surface area contributed by atoms with Gasteiger partial charge in [0.1, 0.15) is 5.82 Å². The second-order valence-corrected chi connectivity index (χ2v) is 6.45. The molecule has 0 amide bonds. The maximum Gasteiger partial charge on any atom is 0.433 e. The van der Waals surface area contributed by atoms with Crippen molar-refractivity contribution in [1.29, 1.82) is 0 Å². The summed E-state index contributed by atoms with van der Waals surface area (Å²) < 4.78 is 44.8. The summed E-state index contributed by atoms with van der Waals surface area (Å²) in [6.07, 6.45) is 2.67. The van der Waals surface area contributed by atoms with Gasteiger partial charge in [0, 0.05) is 25.3 Å². The first-order valence-electron chi connectivity index (χ1n) is 8.59. The molecule has 1 atom stereocenters. The van der Waals surface area contributed by atoms with E-state index >= 15 is 0 Å². The van der Waals surface area contributed by atoms with E-state index in [1.807, 2.05) is 0 Å². The number of hydrogen-bond acceptors (Lipinski definition) is 5. The molecular weight excluding hydrogens is 321 g/mol. The number of anilines is 2. The van der Waals surface area contributed by atoms with Crippen LogP contribution >= 0.6 is 0 Å². The zero-order valence-electron chi connectivity index (χ0n) is 13.5. The minimum Gasteiger partial charge on any atom is -0.376 e. The van der Waals surface area contributed by atoms with Gasteiger partial charge in [0.15, 0.2) is 5.69 Å². The fourth-order valence-electron chi connectivity index (χ4n) is 3.20. The zero-order valence-corrected chi connectivity index (χ0v) is 13.5. The highest BCUT2D eigenvalue weighted by atomic mass is 19.4.